The zero-order valence-electron chi connectivity index (χ0n) is 12.7. The summed E-state index contributed by atoms with van der Waals surface area (Å²) in [4.78, 5) is 28.4. The van der Waals surface area contributed by atoms with E-state index < -0.39 is 11.5 Å². The van der Waals surface area contributed by atoms with Crippen molar-refractivity contribution >= 4 is 29.7 Å². The van der Waals surface area contributed by atoms with Gasteiger partial charge in [0, 0.05) is 18.2 Å². The number of rotatable bonds is 4. The second-order valence-corrected chi connectivity index (χ2v) is 4.96. The average Bonchev–Trinajstić information content (AvgIpc) is 2.56. The van der Waals surface area contributed by atoms with E-state index in [0.29, 0.717) is 16.8 Å². The van der Waals surface area contributed by atoms with Gasteiger partial charge in [0.25, 0.3) is 5.56 Å². The van der Waals surface area contributed by atoms with Gasteiger partial charge in [-0.2, -0.15) is 5.10 Å². The molecule has 0 aliphatic carbocycles. The van der Waals surface area contributed by atoms with Crippen molar-refractivity contribution in [3.63, 3.8) is 0 Å². The normalized spacial score (nSPS) is 10.2. The standard InChI is InChI=1S/C16H14ClN3O3/c1-5-9-10(14-11(17)8-18-20(3)15(14)21)7-13(16(22)23-4)19-12(9)6-2/h5-8H,1-2H2,3-4H3. The maximum Gasteiger partial charge on any atom is 0.356 e. The third-order valence-electron chi connectivity index (χ3n) is 3.24. The minimum Gasteiger partial charge on any atom is -0.464 e. The fraction of sp³-hybridized carbons (Fsp3) is 0.125. The lowest BCUT2D eigenvalue weighted by molar-refractivity contribution is 0.0594. The van der Waals surface area contributed by atoms with Crippen LogP contribution in [0.4, 0.5) is 0 Å². The summed E-state index contributed by atoms with van der Waals surface area (Å²) in [6.07, 6.45) is 4.35. The van der Waals surface area contributed by atoms with Gasteiger partial charge in [-0.1, -0.05) is 30.8 Å². The van der Waals surface area contributed by atoms with Crippen molar-refractivity contribution < 1.29 is 9.53 Å². The number of carbonyl (C=O) groups is 1. The second kappa shape index (κ2) is 6.58. The highest BCUT2D eigenvalue weighted by Crippen LogP contribution is 2.30. The molecule has 0 aliphatic heterocycles. The molecule has 0 spiro atoms. The van der Waals surface area contributed by atoms with Gasteiger partial charge >= 0.3 is 5.97 Å². The molecule has 2 rings (SSSR count). The lowest BCUT2D eigenvalue weighted by atomic mass is 9.98. The summed E-state index contributed by atoms with van der Waals surface area (Å²) < 4.78 is 5.85. The van der Waals surface area contributed by atoms with Crippen molar-refractivity contribution in [1.29, 1.82) is 0 Å². The molecule has 2 aromatic rings. The first-order valence-corrected chi connectivity index (χ1v) is 6.92. The highest BCUT2D eigenvalue weighted by atomic mass is 35.5. The van der Waals surface area contributed by atoms with Gasteiger partial charge in [-0.3, -0.25) is 4.79 Å². The minimum absolute atomic E-state index is 0.0398. The lowest BCUT2D eigenvalue weighted by Crippen LogP contribution is -2.22. The van der Waals surface area contributed by atoms with Crippen molar-refractivity contribution in [3.05, 3.63) is 57.7 Å². The Morgan fingerprint density at radius 2 is 2.09 bits per heavy atom. The predicted molar refractivity (Wildman–Crippen MR) is 89.2 cm³/mol. The molecule has 0 fully saturated rings. The fourth-order valence-electron chi connectivity index (χ4n) is 2.12. The lowest BCUT2D eigenvalue weighted by Gasteiger charge is -2.12. The Hall–Kier alpha value is -2.73. The third-order valence-corrected chi connectivity index (χ3v) is 3.53. The van der Waals surface area contributed by atoms with Crippen LogP contribution in [0.1, 0.15) is 21.7 Å². The van der Waals surface area contributed by atoms with Gasteiger partial charge in [-0.15, -0.1) is 0 Å². The van der Waals surface area contributed by atoms with Crippen LogP contribution < -0.4 is 5.56 Å². The molecule has 0 aliphatic rings. The molecule has 0 N–H and O–H groups in total. The number of nitrogens with zero attached hydrogens (tertiary/aromatic N) is 3. The van der Waals surface area contributed by atoms with Crippen LogP contribution in [0.3, 0.4) is 0 Å². The molecule has 0 atom stereocenters. The topological polar surface area (TPSA) is 74.1 Å². The Morgan fingerprint density at radius 3 is 2.65 bits per heavy atom. The smallest absolute Gasteiger partial charge is 0.356 e. The zero-order valence-corrected chi connectivity index (χ0v) is 13.4. The molecule has 0 aromatic carbocycles. The van der Waals surface area contributed by atoms with Crippen molar-refractivity contribution in [3.8, 4) is 11.1 Å². The largest absolute Gasteiger partial charge is 0.464 e. The molecular weight excluding hydrogens is 318 g/mol. The van der Waals surface area contributed by atoms with Gasteiger partial charge in [-0.05, 0) is 12.1 Å². The van der Waals surface area contributed by atoms with Crippen molar-refractivity contribution in [2.24, 2.45) is 7.05 Å². The molecule has 0 unspecified atom stereocenters. The monoisotopic (exact) mass is 331 g/mol. The van der Waals surface area contributed by atoms with Crippen molar-refractivity contribution in [2.45, 2.75) is 0 Å². The Labute approximate surface area is 137 Å². The number of methoxy groups -OCH3 is 1. The number of aryl methyl sites for hydroxylation is 1. The number of aromatic nitrogens is 3. The summed E-state index contributed by atoms with van der Waals surface area (Å²) in [6, 6.07) is 1.44. The Kier molecular flexibility index (Phi) is 4.76. The molecule has 0 saturated heterocycles. The number of ether oxygens (including phenoxy) is 1. The van der Waals surface area contributed by atoms with Crippen LogP contribution in [0.15, 0.2) is 30.2 Å². The van der Waals surface area contributed by atoms with Crippen LogP contribution in [0.2, 0.25) is 5.02 Å². The SMILES string of the molecule is C=Cc1nc(C(=O)OC)cc(-c2c(Cl)cnn(C)c2=O)c1C=C. The van der Waals surface area contributed by atoms with Gasteiger partial charge in [-0.25, -0.2) is 14.5 Å². The van der Waals surface area contributed by atoms with Gasteiger partial charge < -0.3 is 4.74 Å². The molecule has 2 aromatic heterocycles. The summed E-state index contributed by atoms with van der Waals surface area (Å²) in [5.74, 6) is -0.632. The van der Waals surface area contributed by atoms with Crippen LogP contribution in [-0.4, -0.2) is 27.8 Å². The molecule has 0 saturated carbocycles. The maximum atomic E-state index is 12.4. The summed E-state index contributed by atoms with van der Waals surface area (Å²) in [7, 11) is 2.75. The van der Waals surface area contributed by atoms with E-state index in [1.807, 2.05) is 0 Å². The fourth-order valence-corrected chi connectivity index (χ4v) is 2.35. The van der Waals surface area contributed by atoms with Crippen LogP contribution >= 0.6 is 11.6 Å². The highest BCUT2D eigenvalue weighted by molar-refractivity contribution is 6.33. The first-order chi connectivity index (χ1) is 10.9. The molecule has 0 radical (unpaired) electrons. The summed E-state index contributed by atoms with van der Waals surface area (Å²) in [6.45, 7) is 7.40. The van der Waals surface area contributed by atoms with Gasteiger partial charge in [0.05, 0.1) is 29.6 Å². The molecule has 2 heterocycles. The van der Waals surface area contributed by atoms with Crippen LogP contribution in [-0.2, 0) is 11.8 Å². The molecule has 0 amide bonds. The first kappa shape index (κ1) is 16.6. The van der Waals surface area contributed by atoms with Gasteiger partial charge in [0.2, 0.25) is 0 Å². The minimum atomic E-state index is -0.632. The zero-order chi connectivity index (χ0) is 17.1. The quantitative estimate of drug-likeness (QED) is 0.805. The number of hydrogen-bond donors (Lipinski definition) is 0. The molecule has 118 valence electrons. The third kappa shape index (κ3) is 2.93. The highest BCUT2D eigenvalue weighted by Gasteiger charge is 2.20. The van der Waals surface area contributed by atoms with E-state index in [2.05, 4.69) is 23.2 Å². The molecular formula is C16H14ClN3O3. The van der Waals surface area contributed by atoms with Crippen LogP contribution in [0.5, 0.6) is 0 Å². The van der Waals surface area contributed by atoms with E-state index in [9.17, 15) is 9.59 Å². The molecule has 23 heavy (non-hydrogen) atoms. The average molecular weight is 332 g/mol. The second-order valence-electron chi connectivity index (χ2n) is 4.55. The number of esters is 1. The van der Waals surface area contributed by atoms with Gasteiger partial charge in [0.1, 0.15) is 5.69 Å². The van der Waals surface area contributed by atoms with Crippen molar-refractivity contribution in [1.82, 2.24) is 14.8 Å². The van der Waals surface area contributed by atoms with E-state index in [4.69, 9.17) is 16.3 Å². The molecule has 6 nitrogen and oxygen atoms in total. The van der Waals surface area contributed by atoms with E-state index in [1.165, 1.54) is 38.6 Å². The Balaban J connectivity index is 2.93. The summed E-state index contributed by atoms with van der Waals surface area (Å²) >= 11 is 6.15. The Bertz CT molecular complexity index is 872. The summed E-state index contributed by atoms with van der Waals surface area (Å²) in [5, 5.41) is 4.02. The van der Waals surface area contributed by atoms with Crippen molar-refractivity contribution in [2.75, 3.05) is 7.11 Å². The van der Waals surface area contributed by atoms with E-state index >= 15 is 0 Å². The van der Waals surface area contributed by atoms with Crippen LogP contribution in [0.25, 0.3) is 23.3 Å². The molecule has 7 heteroatoms. The summed E-state index contributed by atoms with van der Waals surface area (Å²) in [5.41, 5.74) is 1.19. The molecule has 0 bridgehead atoms. The van der Waals surface area contributed by atoms with Crippen LogP contribution in [0, 0.1) is 0 Å². The first-order valence-electron chi connectivity index (χ1n) is 6.55. The van der Waals surface area contributed by atoms with E-state index in [0.717, 1.165) is 4.68 Å². The van der Waals surface area contributed by atoms with E-state index in [-0.39, 0.29) is 16.3 Å². The number of carbonyl (C=O) groups excluding carboxylic acids is 1. The maximum absolute atomic E-state index is 12.4. The number of pyridine rings is 1. The predicted octanol–water partition coefficient (Wildman–Crippen LogP) is 2.57. The Morgan fingerprint density at radius 1 is 1.39 bits per heavy atom. The van der Waals surface area contributed by atoms with Gasteiger partial charge in [0.15, 0.2) is 0 Å². The number of halogens is 1. The number of hydrogen-bond acceptors (Lipinski definition) is 5. The van der Waals surface area contributed by atoms with E-state index in [1.54, 1.807) is 0 Å².